The lowest BCUT2D eigenvalue weighted by atomic mass is 10.2. The van der Waals surface area contributed by atoms with Crippen LogP contribution < -0.4 is 10.2 Å². The van der Waals surface area contributed by atoms with Gasteiger partial charge in [-0.1, -0.05) is 19.1 Å². The third-order valence-corrected chi connectivity index (χ3v) is 3.70. The molecule has 0 unspecified atom stereocenters. The van der Waals surface area contributed by atoms with E-state index < -0.39 is 0 Å². The van der Waals surface area contributed by atoms with Gasteiger partial charge in [0.2, 0.25) is 0 Å². The van der Waals surface area contributed by atoms with Gasteiger partial charge >= 0.3 is 0 Å². The van der Waals surface area contributed by atoms with Gasteiger partial charge in [-0.15, -0.1) is 0 Å². The first kappa shape index (κ1) is 16.9. The van der Waals surface area contributed by atoms with E-state index in [4.69, 9.17) is 0 Å². The van der Waals surface area contributed by atoms with E-state index in [0.29, 0.717) is 12.1 Å². The Balaban J connectivity index is 1.88. The molecule has 1 aromatic heterocycles. The van der Waals surface area contributed by atoms with E-state index in [2.05, 4.69) is 58.3 Å². The van der Waals surface area contributed by atoms with Crippen LogP contribution in [0.15, 0.2) is 36.7 Å². The Kier molecular flexibility index (Phi) is 6.09. The average molecular weight is 312 g/mol. The van der Waals surface area contributed by atoms with Gasteiger partial charge in [-0.3, -0.25) is 4.79 Å². The number of benzene rings is 1. The molecule has 0 spiro atoms. The largest absolute Gasteiger partial charge is 0.370 e. The topological polar surface area (TPSA) is 58.1 Å². The van der Waals surface area contributed by atoms with Crippen LogP contribution in [0.2, 0.25) is 0 Å². The molecule has 0 saturated heterocycles. The molecule has 1 heterocycles. The maximum absolute atomic E-state index is 12.1. The summed E-state index contributed by atoms with van der Waals surface area (Å²) in [5.41, 5.74) is 2.91. The Morgan fingerprint density at radius 2 is 1.96 bits per heavy atom. The Bertz CT molecular complexity index is 640. The molecule has 0 aliphatic carbocycles. The number of aromatic nitrogens is 2. The van der Waals surface area contributed by atoms with Crippen LogP contribution >= 0.6 is 0 Å². The molecule has 0 aliphatic heterocycles. The van der Waals surface area contributed by atoms with Crippen molar-refractivity contribution >= 4 is 11.6 Å². The van der Waals surface area contributed by atoms with Gasteiger partial charge in [-0.2, -0.15) is 0 Å². The first-order valence-corrected chi connectivity index (χ1v) is 8.04. The van der Waals surface area contributed by atoms with Gasteiger partial charge in [0, 0.05) is 44.1 Å². The zero-order valence-electron chi connectivity index (χ0n) is 14.0. The van der Waals surface area contributed by atoms with Gasteiger partial charge in [-0.05, 0) is 31.5 Å². The summed E-state index contributed by atoms with van der Waals surface area (Å²) < 4.78 is 0. The lowest BCUT2D eigenvalue weighted by Crippen LogP contribution is -2.35. The summed E-state index contributed by atoms with van der Waals surface area (Å²) in [5.74, 6) is 0.617. The molecule has 23 heavy (non-hydrogen) atoms. The second-order valence-corrected chi connectivity index (χ2v) is 5.42. The average Bonchev–Trinajstić information content (AvgIpc) is 2.58. The number of hydrogen-bond acceptors (Lipinski definition) is 4. The number of aryl methyl sites for hydroxylation is 2. The number of rotatable bonds is 7. The Hall–Kier alpha value is -2.43. The molecule has 1 N–H and O–H groups in total. The fourth-order valence-electron chi connectivity index (χ4n) is 2.36. The number of likely N-dealkylation sites (N-methyl/N-ethyl adjacent to an activating group) is 1. The highest BCUT2D eigenvalue weighted by Crippen LogP contribution is 2.14. The third kappa shape index (κ3) is 4.77. The van der Waals surface area contributed by atoms with Gasteiger partial charge < -0.3 is 10.2 Å². The summed E-state index contributed by atoms with van der Waals surface area (Å²) in [4.78, 5) is 22.6. The predicted octanol–water partition coefficient (Wildman–Crippen LogP) is 2.60. The minimum Gasteiger partial charge on any atom is -0.370 e. The monoisotopic (exact) mass is 312 g/mol. The molecule has 1 aromatic carbocycles. The fraction of sp³-hybridized carbons (Fsp3) is 0.389. The summed E-state index contributed by atoms with van der Waals surface area (Å²) in [6.45, 7) is 8.42. The van der Waals surface area contributed by atoms with Crippen LogP contribution in [-0.4, -0.2) is 35.5 Å². The highest BCUT2D eigenvalue weighted by atomic mass is 16.1. The third-order valence-electron chi connectivity index (χ3n) is 3.70. The maximum Gasteiger partial charge on any atom is 0.254 e. The van der Waals surface area contributed by atoms with Gasteiger partial charge in [0.1, 0.15) is 5.82 Å². The Labute approximate surface area is 137 Å². The standard InChI is InChI=1S/C18H24N4O/c1-4-17-20-12-15(13-21-17)18(23)19-9-10-22(5-2)16-8-6-7-14(3)11-16/h6-8,11-13H,4-5,9-10H2,1-3H3,(H,19,23). The van der Waals surface area contributed by atoms with Crippen LogP contribution in [0, 0.1) is 6.92 Å². The van der Waals surface area contributed by atoms with Crippen molar-refractivity contribution in [1.82, 2.24) is 15.3 Å². The van der Waals surface area contributed by atoms with E-state index in [-0.39, 0.29) is 5.91 Å². The predicted molar refractivity (Wildman–Crippen MR) is 92.8 cm³/mol. The fourth-order valence-corrected chi connectivity index (χ4v) is 2.36. The molecule has 0 radical (unpaired) electrons. The molecule has 0 saturated carbocycles. The lowest BCUT2D eigenvalue weighted by molar-refractivity contribution is 0.0954. The van der Waals surface area contributed by atoms with Crippen LogP contribution in [0.3, 0.4) is 0 Å². The lowest BCUT2D eigenvalue weighted by Gasteiger charge is -2.23. The van der Waals surface area contributed by atoms with E-state index in [1.807, 2.05) is 6.92 Å². The number of hydrogen-bond donors (Lipinski definition) is 1. The van der Waals surface area contributed by atoms with E-state index in [0.717, 1.165) is 25.3 Å². The van der Waals surface area contributed by atoms with E-state index in [9.17, 15) is 4.79 Å². The van der Waals surface area contributed by atoms with Crippen LogP contribution in [0.25, 0.3) is 0 Å². The highest BCUT2D eigenvalue weighted by molar-refractivity contribution is 5.93. The SMILES string of the molecule is CCc1ncc(C(=O)NCCN(CC)c2cccc(C)c2)cn1. The zero-order chi connectivity index (χ0) is 16.7. The van der Waals surface area contributed by atoms with Crippen molar-refractivity contribution in [1.29, 1.82) is 0 Å². The summed E-state index contributed by atoms with van der Waals surface area (Å²) in [6, 6.07) is 8.38. The van der Waals surface area contributed by atoms with Crippen LogP contribution in [-0.2, 0) is 6.42 Å². The highest BCUT2D eigenvalue weighted by Gasteiger charge is 2.08. The van der Waals surface area contributed by atoms with Gasteiger partial charge in [0.05, 0.1) is 5.56 Å². The second kappa shape index (κ2) is 8.27. The van der Waals surface area contributed by atoms with Crippen LogP contribution in [0.4, 0.5) is 5.69 Å². The number of nitrogens with one attached hydrogen (secondary N) is 1. The van der Waals surface area contributed by atoms with Gasteiger partial charge in [0.15, 0.2) is 0 Å². The molecule has 2 rings (SSSR count). The number of anilines is 1. The van der Waals surface area contributed by atoms with Crippen LogP contribution in [0.5, 0.6) is 0 Å². The summed E-state index contributed by atoms with van der Waals surface area (Å²) in [6.07, 6.45) is 3.93. The molecule has 5 nitrogen and oxygen atoms in total. The maximum atomic E-state index is 12.1. The second-order valence-electron chi connectivity index (χ2n) is 5.42. The number of carbonyl (C=O) groups is 1. The van der Waals surface area contributed by atoms with E-state index in [1.165, 1.54) is 11.3 Å². The van der Waals surface area contributed by atoms with E-state index in [1.54, 1.807) is 12.4 Å². The molecular weight excluding hydrogens is 288 g/mol. The molecule has 122 valence electrons. The smallest absolute Gasteiger partial charge is 0.254 e. The summed E-state index contributed by atoms with van der Waals surface area (Å²) >= 11 is 0. The summed E-state index contributed by atoms with van der Waals surface area (Å²) in [7, 11) is 0. The number of carbonyl (C=O) groups excluding carboxylic acids is 1. The quantitative estimate of drug-likeness (QED) is 0.854. The first-order valence-electron chi connectivity index (χ1n) is 8.04. The molecule has 0 bridgehead atoms. The first-order chi connectivity index (χ1) is 11.1. The molecule has 5 heteroatoms. The Morgan fingerprint density at radius 1 is 1.22 bits per heavy atom. The van der Waals surface area contributed by atoms with Crippen molar-refractivity contribution in [3.05, 3.63) is 53.6 Å². The number of amides is 1. The molecule has 1 amide bonds. The molecular formula is C18H24N4O. The van der Waals surface area contributed by atoms with E-state index >= 15 is 0 Å². The van der Waals surface area contributed by atoms with Crippen LogP contribution in [0.1, 0.15) is 35.6 Å². The van der Waals surface area contributed by atoms with Crippen molar-refractivity contribution in [2.24, 2.45) is 0 Å². The van der Waals surface area contributed by atoms with Crippen molar-refractivity contribution in [2.45, 2.75) is 27.2 Å². The van der Waals surface area contributed by atoms with Crippen molar-refractivity contribution in [3.8, 4) is 0 Å². The van der Waals surface area contributed by atoms with Gasteiger partial charge in [0.25, 0.3) is 5.91 Å². The van der Waals surface area contributed by atoms with Crippen molar-refractivity contribution in [3.63, 3.8) is 0 Å². The molecule has 0 fully saturated rings. The minimum atomic E-state index is -0.132. The van der Waals surface area contributed by atoms with Gasteiger partial charge in [-0.25, -0.2) is 9.97 Å². The van der Waals surface area contributed by atoms with Crippen molar-refractivity contribution < 1.29 is 4.79 Å². The Morgan fingerprint density at radius 3 is 2.57 bits per heavy atom. The summed E-state index contributed by atoms with van der Waals surface area (Å²) in [5, 5.41) is 2.92. The number of nitrogens with zero attached hydrogens (tertiary/aromatic N) is 3. The minimum absolute atomic E-state index is 0.132. The molecule has 0 aliphatic rings. The normalized spacial score (nSPS) is 10.4. The molecule has 2 aromatic rings. The molecule has 0 atom stereocenters. The van der Waals surface area contributed by atoms with Crippen molar-refractivity contribution in [2.75, 3.05) is 24.5 Å². The zero-order valence-corrected chi connectivity index (χ0v) is 14.0.